The van der Waals surface area contributed by atoms with Crippen molar-refractivity contribution in [3.8, 4) is 0 Å². The van der Waals surface area contributed by atoms with Gasteiger partial charge in [-0.2, -0.15) is 0 Å². The van der Waals surface area contributed by atoms with Crippen molar-refractivity contribution in [2.45, 2.75) is 20.8 Å². The van der Waals surface area contributed by atoms with Crippen molar-refractivity contribution in [1.29, 1.82) is 0 Å². The summed E-state index contributed by atoms with van der Waals surface area (Å²) in [5.41, 5.74) is 0. The zero-order chi connectivity index (χ0) is 15.8. The molecule has 0 bridgehead atoms. The van der Waals surface area contributed by atoms with Gasteiger partial charge in [0.1, 0.15) is 6.54 Å². The third-order valence-corrected chi connectivity index (χ3v) is 3.72. The van der Waals surface area contributed by atoms with Crippen molar-refractivity contribution < 1.29 is 19.1 Å². The number of likely N-dealkylation sites (N-methyl/N-ethyl adjacent to an activating group) is 1. The molecule has 2 amide bonds. The minimum absolute atomic E-state index is 0.100. The number of nitrogens with one attached hydrogen (secondary N) is 1. The van der Waals surface area contributed by atoms with Gasteiger partial charge in [-0.15, -0.1) is 11.3 Å². The minimum Gasteiger partial charge on any atom is -0.465 e. The summed E-state index contributed by atoms with van der Waals surface area (Å²) >= 11 is 1.37. The van der Waals surface area contributed by atoms with E-state index in [0.29, 0.717) is 11.4 Å². The molecule has 1 rings (SSSR count). The molecule has 0 radical (unpaired) electrons. The third kappa shape index (κ3) is 5.55. The van der Waals surface area contributed by atoms with Gasteiger partial charge in [-0.25, -0.2) is 0 Å². The van der Waals surface area contributed by atoms with Gasteiger partial charge < -0.3 is 15.0 Å². The van der Waals surface area contributed by atoms with Crippen LogP contribution in [0.1, 0.15) is 28.4 Å². The number of amides is 2. The van der Waals surface area contributed by atoms with E-state index in [1.54, 1.807) is 19.9 Å². The normalized spacial score (nSPS) is 10.0. The standard InChI is InChI=1S/C14H20N2O4S/c1-4-16(9-13(18)20-5-2)12(17)8-15-14(19)11-7-6-10(3)21-11/h6-7H,4-5,8-9H2,1-3H3,(H,15,19). The van der Waals surface area contributed by atoms with E-state index in [0.717, 1.165) is 4.88 Å². The SMILES string of the molecule is CCOC(=O)CN(CC)C(=O)CNC(=O)c1ccc(C)s1. The lowest BCUT2D eigenvalue weighted by Crippen LogP contribution is -2.42. The number of ether oxygens (including phenoxy) is 1. The summed E-state index contributed by atoms with van der Waals surface area (Å²) in [6.45, 7) is 5.80. The lowest BCUT2D eigenvalue weighted by Gasteiger charge is -2.19. The van der Waals surface area contributed by atoms with Crippen LogP contribution in [0.5, 0.6) is 0 Å². The Bertz CT molecular complexity index is 513. The number of nitrogens with zero attached hydrogens (tertiary/aromatic N) is 1. The summed E-state index contributed by atoms with van der Waals surface area (Å²) in [5, 5.41) is 2.56. The largest absolute Gasteiger partial charge is 0.465 e. The van der Waals surface area contributed by atoms with Gasteiger partial charge in [-0.3, -0.25) is 14.4 Å². The van der Waals surface area contributed by atoms with E-state index in [-0.39, 0.29) is 31.5 Å². The maximum absolute atomic E-state index is 12.0. The van der Waals surface area contributed by atoms with Crippen molar-refractivity contribution >= 4 is 29.1 Å². The topological polar surface area (TPSA) is 75.7 Å². The van der Waals surface area contributed by atoms with Gasteiger partial charge in [0.2, 0.25) is 5.91 Å². The Morgan fingerprint density at radius 3 is 2.52 bits per heavy atom. The molecular formula is C14H20N2O4S. The summed E-state index contributed by atoms with van der Waals surface area (Å²) in [6, 6.07) is 3.57. The molecule has 0 aromatic carbocycles. The first kappa shape index (κ1) is 17.2. The highest BCUT2D eigenvalue weighted by molar-refractivity contribution is 7.13. The average molecular weight is 312 g/mol. The summed E-state index contributed by atoms with van der Waals surface area (Å²) < 4.78 is 4.80. The Balaban J connectivity index is 2.47. The number of carbonyl (C=O) groups excluding carboxylic acids is 3. The summed E-state index contributed by atoms with van der Waals surface area (Å²) in [5.74, 6) is -1.05. The monoisotopic (exact) mass is 312 g/mol. The molecule has 1 N–H and O–H groups in total. The number of thiophene rings is 1. The number of hydrogen-bond acceptors (Lipinski definition) is 5. The van der Waals surface area contributed by atoms with Gasteiger partial charge >= 0.3 is 5.97 Å². The Hall–Kier alpha value is -1.89. The predicted octanol–water partition coefficient (Wildman–Crippen LogP) is 1.20. The number of hydrogen-bond donors (Lipinski definition) is 1. The molecule has 6 nitrogen and oxygen atoms in total. The molecule has 1 aromatic rings. The van der Waals surface area contributed by atoms with Gasteiger partial charge in [0.15, 0.2) is 0 Å². The second-order valence-electron chi connectivity index (χ2n) is 4.31. The summed E-state index contributed by atoms with van der Waals surface area (Å²) in [6.07, 6.45) is 0. The van der Waals surface area contributed by atoms with Crippen LogP contribution in [0.2, 0.25) is 0 Å². The van der Waals surface area contributed by atoms with E-state index in [2.05, 4.69) is 5.32 Å². The molecule has 0 atom stereocenters. The zero-order valence-electron chi connectivity index (χ0n) is 12.5. The van der Waals surface area contributed by atoms with Crippen LogP contribution in [-0.4, -0.2) is 48.9 Å². The van der Waals surface area contributed by atoms with Crippen molar-refractivity contribution in [3.05, 3.63) is 21.9 Å². The van der Waals surface area contributed by atoms with E-state index < -0.39 is 5.97 Å². The molecule has 116 valence electrons. The average Bonchev–Trinajstić information content (AvgIpc) is 2.88. The zero-order valence-corrected chi connectivity index (χ0v) is 13.3. The van der Waals surface area contributed by atoms with E-state index >= 15 is 0 Å². The Morgan fingerprint density at radius 2 is 2.00 bits per heavy atom. The molecule has 1 heterocycles. The molecule has 0 unspecified atom stereocenters. The fourth-order valence-electron chi connectivity index (χ4n) is 1.65. The fraction of sp³-hybridized carbons (Fsp3) is 0.500. The van der Waals surface area contributed by atoms with Crippen LogP contribution in [-0.2, 0) is 14.3 Å². The van der Waals surface area contributed by atoms with Gasteiger partial charge in [0.05, 0.1) is 18.0 Å². The van der Waals surface area contributed by atoms with Crippen LogP contribution < -0.4 is 5.32 Å². The molecular weight excluding hydrogens is 292 g/mol. The molecule has 0 spiro atoms. The van der Waals surface area contributed by atoms with Gasteiger partial charge in [0, 0.05) is 11.4 Å². The minimum atomic E-state index is -0.451. The van der Waals surface area contributed by atoms with Crippen LogP contribution >= 0.6 is 11.3 Å². The maximum Gasteiger partial charge on any atom is 0.325 e. The van der Waals surface area contributed by atoms with E-state index in [1.807, 2.05) is 13.0 Å². The quantitative estimate of drug-likeness (QED) is 0.768. The highest BCUT2D eigenvalue weighted by Crippen LogP contribution is 2.14. The molecule has 0 aliphatic rings. The predicted molar refractivity (Wildman–Crippen MR) is 80.3 cm³/mol. The highest BCUT2D eigenvalue weighted by atomic mass is 32.1. The van der Waals surface area contributed by atoms with E-state index in [4.69, 9.17) is 4.74 Å². The molecule has 0 aliphatic carbocycles. The Kier molecular flexibility index (Phi) is 6.87. The maximum atomic E-state index is 12.0. The van der Waals surface area contributed by atoms with Crippen molar-refractivity contribution in [2.75, 3.05) is 26.2 Å². The van der Waals surface area contributed by atoms with E-state index in [1.165, 1.54) is 16.2 Å². The first-order chi connectivity index (χ1) is 9.97. The number of esters is 1. The molecule has 7 heteroatoms. The lowest BCUT2D eigenvalue weighted by molar-refractivity contribution is -0.148. The van der Waals surface area contributed by atoms with E-state index in [9.17, 15) is 14.4 Å². The van der Waals surface area contributed by atoms with Crippen molar-refractivity contribution in [3.63, 3.8) is 0 Å². The molecule has 0 saturated heterocycles. The molecule has 0 saturated carbocycles. The van der Waals surface area contributed by atoms with Crippen LogP contribution in [0, 0.1) is 6.92 Å². The van der Waals surface area contributed by atoms with Crippen molar-refractivity contribution in [2.24, 2.45) is 0 Å². The fourth-order valence-corrected chi connectivity index (χ4v) is 2.43. The second-order valence-corrected chi connectivity index (χ2v) is 5.59. The van der Waals surface area contributed by atoms with Crippen LogP contribution in [0.25, 0.3) is 0 Å². The number of rotatable bonds is 7. The first-order valence-electron chi connectivity index (χ1n) is 6.76. The van der Waals surface area contributed by atoms with Gasteiger partial charge in [-0.05, 0) is 32.9 Å². The first-order valence-corrected chi connectivity index (χ1v) is 7.57. The van der Waals surface area contributed by atoms with Crippen LogP contribution in [0.15, 0.2) is 12.1 Å². The second kappa shape index (κ2) is 8.41. The van der Waals surface area contributed by atoms with Crippen LogP contribution in [0.4, 0.5) is 0 Å². The lowest BCUT2D eigenvalue weighted by atomic mass is 10.4. The molecule has 21 heavy (non-hydrogen) atoms. The summed E-state index contributed by atoms with van der Waals surface area (Å²) in [4.78, 5) is 38.1. The number of aryl methyl sites for hydroxylation is 1. The third-order valence-electron chi connectivity index (χ3n) is 2.72. The smallest absolute Gasteiger partial charge is 0.325 e. The number of carbonyl (C=O) groups is 3. The Labute approximate surface area is 128 Å². The molecule has 1 aromatic heterocycles. The van der Waals surface area contributed by atoms with Gasteiger partial charge in [0.25, 0.3) is 5.91 Å². The molecule has 0 fully saturated rings. The van der Waals surface area contributed by atoms with Crippen molar-refractivity contribution in [1.82, 2.24) is 10.2 Å². The van der Waals surface area contributed by atoms with Gasteiger partial charge in [-0.1, -0.05) is 0 Å². The molecule has 0 aliphatic heterocycles. The Morgan fingerprint density at radius 1 is 1.29 bits per heavy atom. The van der Waals surface area contributed by atoms with Crippen LogP contribution in [0.3, 0.4) is 0 Å². The highest BCUT2D eigenvalue weighted by Gasteiger charge is 2.17. The summed E-state index contributed by atoms with van der Waals surface area (Å²) in [7, 11) is 0.